The molecule has 0 aliphatic rings. The Hall–Kier alpha value is -0.590. The number of hydrogen-bond donors (Lipinski definition) is 1. The van der Waals surface area contributed by atoms with E-state index in [0.717, 1.165) is 30.6 Å². The van der Waals surface area contributed by atoms with Gasteiger partial charge in [-0.05, 0) is 25.8 Å². The number of amides is 1. The molecule has 19 heavy (non-hydrogen) atoms. The quantitative estimate of drug-likeness (QED) is 0.817. The van der Waals surface area contributed by atoms with Crippen LogP contribution in [0, 0.1) is 6.92 Å². The first kappa shape index (κ1) is 16.5. The van der Waals surface area contributed by atoms with E-state index in [4.69, 9.17) is 10.7 Å². The molecule has 0 bridgehead atoms. The van der Waals surface area contributed by atoms with Crippen LogP contribution in [0.1, 0.15) is 47.7 Å². The summed E-state index contributed by atoms with van der Waals surface area (Å²) in [4.78, 5) is 13.0. The summed E-state index contributed by atoms with van der Waals surface area (Å²) >= 11 is 1.14. The summed E-state index contributed by atoms with van der Waals surface area (Å²) in [6.07, 6.45) is 2.75. The van der Waals surface area contributed by atoms with E-state index in [0.29, 0.717) is 9.75 Å². The van der Waals surface area contributed by atoms with Crippen LogP contribution in [0.4, 0.5) is 0 Å². The van der Waals surface area contributed by atoms with Crippen LogP contribution in [0.25, 0.3) is 0 Å². The molecule has 4 nitrogen and oxygen atoms in total. The molecule has 1 atom stereocenters. The van der Waals surface area contributed by atoms with Gasteiger partial charge in [0, 0.05) is 21.6 Å². The van der Waals surface area contributed by atoms with Crippen LogP contribution in [-0.2, 0) is 9.05 Å². The van der Waals surface area contributed by atoms with Crippen LogP contribution in [0.2, 0.25) is 0 Å². The first-order valence-corrected chi connectivity index (χ1v) is 9.28. The van der Waals surface area contributed by atoms with Gasteiger partial charge in [-0.25, -0.2) is 8.42 Å². The molecule has 1 aromatic rings. The standard InChI is InChI=1S/C12H18ClNO3S2/c1-4-6-9(5-2)14-12(15)10-7-11(8(3)18-10)19(13,16)17/h7,9H,4-6H2,1-3H3,(H,14,15). The topological polar surface area (TPSA) is 63.2 Å². The minimum atomic E-state index is -3.79. The molecule has 0 saturated carbocycles. The lowest BCUT2D eigenvalue weighted by molar-refractivity contribution is 0.0937. The van der Waals surface area contributed by atoms with E-state index in [1.54, 1.807) is 6.92 Å². The van der Waals surface area contributed by atoms with E-state index in [9.17, 15) is 13.2 Å². The van der Waals surface area contributed by atoms with Gasteiger partial charge in [-0.3, -0.25) is 4.79 Å². The predicted octanol–water partition coefficient (Wildman–Crippen LogP) is 3.29. The van der Waals surface area contributed by atoms with Crippen molar-refractivity contribution in [1.29, 1.82) is 0 Å². The Labute approximate surface area is 122 Å². The van der Waals surface area contributed by atoms with Gasteiger partial charge in [0.15, 0.2) is 0 Å². The van der Waals surface area contributed by atoms with E-state index in [2.05, 4.69) is 12.2 Å². The Morgan fingerprint density at radius 2 is 2.11 bits per heavy atom. The molecule has 1 N–H and O–H groups in total. The average Bonchev–Trinajstić information content (AvgIpc) is 2.70. The smallest absolute Gasteiger partial charge is 0.262 e. The van der Waals surface area contributed by atoms with Gasteiger partial charge in [-0.15, -0.1) is 11.3 Å². The molecule has 1 amide bonds. The molecule has 108 valence electrons. The molecule has 1 aromatic heterocycles. The minimum Gasteiger partial charge on any atom is -0.349 e. The maximum atomic E-state index is 12.0. The second-order valence-corrected chi connectivity index (χ2v) is 8.13. The zero-order chi connectivity index (χ0) is 14.6. The summed E-state index contributed by atoms with van der Waals surface area (Å²) in [6.45, 7) is 5.71. The van der Waals surface area contributed by atoms with Gasteiger partial charge < -0.3 is 5.32 Å². The first-order valence-electron chi connectivity index (χ1n) is 6.15. The Morgan fingerprint density at radius 3 is 2.53 bits per heavy atom. The van der Waals surface area contributed by atoms with Crippen LogP contribution in [0.3, 0.4) is 0 Å². The monoisotopic (exact) mass is 323 g/mol. The molecule has 0 spiro atoms. The van der Waals surface area contributed by atoms with Crippen molar-refractivity contribution < 1.29 is 13.2 Å². The summed E-state index contributed by atoms with van der Waals surface area (Å²) in [5.74, 6) is -0.236. The third-order valence-electron chi connectivity index (χ3n) is 2.82. The van der Waals surface area contributed by atoms with Crippen molar-refractivity contribution in [2.75, 3.05) is 0 Å². The molecule has 0 aliphatic carbocycles. The van der Waals surface area contributed by atoms with Crippen LogP contribution in [0.15, 0.2) is 11.0 Å². The normalized spacial score (nSPS) is 13.3. The Bertz CT molecular complexity index is 551. The van der Waals surface area contributed by atoms with Crippen LogP contribution < -0.4 is 5.32 Å². The summed E-state index contributed by atoms with van der Waals surface area (Å²) in [5, 5.41) is 2.91. The lowest BCUT2D eigenvalue weighted by Gasteiger charge is -2.15. The summed E-state index contributed by atoms with van der Waals surface area (Å²) in [5.41, 5.74) is 0. The number of carbonyl (C=O) groups excluding carboxylic acids is 1. The fourth-order valence-corrected chi connectivity index (χ4v) is 4.37. The van der Waals surface area contributed by atoms with Crippen LogP contribution in [-0.4, -0.2) is 20.4 Å². The van der Waals surface area contributed by atoms with Crippen molar-refractivity contribution in [3.63, 3.8) is 0 Å². The highest BCUT2D eigenvalue weighted by Crippen LogP contribution is 2.28. The van der Waals surface area contributed by atoms with Crippen LogP contribution >= 0.6 is 22.0 Å². The number of thiophene rings is 1. The first-order chi connectivity index (χ1) is 8.79. The highest BCUT2D eigenvalue weighted by Gasteiger charge is 2.21. The maximum Gasteiger partial charge on any atom is 0.262 e. The number of rotatable bonds is 6. The van der Waals surface area contributed by atoms with Gasteiger partial charge in [0.05, 0.1) is 9.77 Å². The number of nitrogens with one attached hydrogen (secondary N) is 1. The number of carbonyl (C=O) groups is 1. The number of hydrogen-bond acceptors (Lipinski definition) is 4. The average molecular weight is 324 g/mol. The van der Waals surface area contributed by atoms with Crippen molar-refractivity contribution in [1.82, 2.24) is 5.32 Å². The fourth-order valence-electron chi connectivity index (χ4n) is 1.80. The minimum absolute atomic E-state index is 0.0212. The lowest BCUT2D eigenvalue weighted by Crippen LogP contribution is -2.33. The van der Waals surface area contributed by atoms with Crippen molar-refractivity contribution in [2.24, 2.45) is 0 Å². The maximum absolute atomic E-state index is 12.0. The zero-order valence-corrected chi connectivity index (χ0v) is 13.6. The zero-order valence-electron chi connectivity index (χ0n) is 11.2. The second-order valence-electron chi connectivity index (χ2n) is 4.34. The van der Waals surface area contributed by atoms with Gasteiger partial charge in [0.2, 0.25) is 0 Å². The van der Waals surface area contributed by atoms with E-state index >= 15 is 0 Å². The van der Waals surface area contributed by atoms with E-state index in [-0.39, 0.29) is 16.8 Å². The molecule has 0 aromatic carbocycles. The highest BCUT2D eigenvalue weighted by molar-refractivity contribution is 8.13. The van der Waals surface area contributed by atoms with Crippen molar-refractivity contribution >= 4 is 37.0 Å². The summed E-state index contributed by atoms with van der Waals surface area (Å²) in [7, 11) is 1.52. The second kappa shape index (κ2) is 6.72. The Balaban J connectivity index is 2.90. The van der Waals surface area contributed by atoms with E-state index < -0.39 is 9.05 Å². The van der Waals surface area contributed by atoms with Crippen molar-refractivity contribution in [3.05, 3.63) is 15.8 Å². The number of halogens is 1. The predicted molar refractivity (Wildman–Crippen MR) is 78.5 cm³/mol. The molecule has 1 rings (SSSR count). The molecule has 0 saturated heterocycles. The molecular formula is C12H18ClNO3S2. The van der Waals surface area contributed by atoms with Gasteiger partial charge >= 0.3 is 0 Å². The SMILES string of the molecule is CCCC(CC)NC(=O)c1cc(S(=O)(=O)Cl)c(C)s1. The van der Waals surface area contributed by atoms with Crippen molar-refractivity contribution in [2.45, 2.75) is 51.0 Å². The largest absolute Gasteiger partial charge is 0.349 e. The summed E-state index contributed by atoms with van der Waals surface area (Å²) < 4.78 is 22.6. The molecule has 0 fully saturated rings. The van der Waals surface area contributed by atoms with Gasteiger partial charge in [0.1, 0.15) is 0 Å². The molecule has 0 radical (unpaired) electrons. The summed E-state index contributed by atoms with van der Waals surface area (Å²) in [6, 6.07) is 1.46. The van der Waals surface area contributed by atoms with E-state index in [1.165, 1.54) is 6.07 Å². The Kier molecular flexibility index (Phi) is 5.82. The molecule has 1 heterocycles. The third-order valence-corrected chi connectivity index (χ3v) is 5.45. The molecule has 7 heteroatoms. The lowest BCUT2D eigenvalue weighted by atomic mass is 10.1. The molecular weight excluding hydrogens is 306 g/mol. The van der Waals surface area contributed by atoms with Gasteiger partial charge in [0.25, 0.3) is 15.0 Å². The fraction of sp³-hybridized carbons (Fsp3) is 0.583. The highest BCUT2D eigenvalue weighted by atomic mass is 35.7. The van der Waals surface area contributed by atoms with E-state index in [1.807, 2.05) is 6.92 Å². The molecule has 1 unspecified atom stereocenters. The Morgan fingerprint density at radius 1 is 1.47 bits per heavy atom. The number of aryl methyl sites for hydroxylation is 1. The van der Waals surface area contributed by atoms with Crippen molar-refractivity contribution in [3.8, 4) is 0 Å². The van der Waals surface area contributed by atoms with Gasteiger partial charge in [-0.2, -0.15) is 0 Å². The van der Waals surface area contributed by atoms with Gasteiger partial charge in [-0.1, -0.05) is 20.3 Å². The van der Waals surface area contributed by atoms with Crippen LogP contribution in [0.5, 0.6) is 0 Å². The third kappa shape index (κ3) is 4.47. The molecule has 0 aliphatic heterocycles.